The van der Waals surface area contributed by atoms with Gasteiger partial charge in [0.1, 0.15) is 0 Å². The summed E-state index contributed by atoms with van der Waals surface area (Å²) in [5.41, 5.74) is 2.17. The molecule has 0 bridgehead atoms. The summed E-state index contributed by atoms with van der Waals surface area (Å²) in [6.07, 6.45) is 4.72. The number of nitrogens with one attached hydrogen (secondary N) is 1. The van der Waals surface area contributed by atoms with E-state index in [0.29, 0.717) is 30.0 Å². The molecule has 35 heavy (non-hydrogen) atoms. The predicted molar refractivity (Wildman–Crippen MR) is 137 cm³/mol. The largest absolute Gasteiger partial charge is 0.416 e. The van der Waals surface area contributed by atoms with Gasteiger partial charge in [0.15, 0.2) is 0 Å². The molecule has 5 heteroatoms. The normalized spacial score (nSPS) is 27.9. The zero-order valence-electron chi connectivity index (χ0n) is 20.8. The van der Waals surface area contributed by atoms with Crippen LogP contribution in [0, 0.1) is 17.3 Å². The number of nitrogens with zero attached hydrogens (tertiary/aromatic N) is 1. The summed E-state index contributed by atoms with van der Waals surface area (Å²) in [5, 5.41) is 3.34. The van der Waals surface area contributed by atoms with Crippen molar-refractivity contribution in [1.82, 2.24) is 10.2 Å². The molecule has 2 aliphatic rings. The number of benzene rings is 2. The quantitative estimate of drug-likeness (QED) is 0.439. The molecular formula is C30H37F3N2. The van der Waals surface area contributed by atoms with Crippen LogP contribution in [0.25, 0.3) is 6.08 Å². The highest BCUT2D eigenvalue weighted by Crippen LogP contribution is 2.45. The molecule has 1 aliphatic heterocycles. The van der Waals surface area contributed by atoms with Crippen molar-refractivity contribution in [3.8, 4) is 0 Å². The fourth-order valence-electron chi connectivity index (χ4n) is 5.69. The minimum absolute atomic E-state index is 0.0421. The molecule has 1 aliphatic carbocycles. The lowest BCUT2D eigenvalue weighted by atomic mass is 9.83. The molecular weight excluding hydrogens is 445 g/mol. The summed E-state index contributed by atoms with van der Waals surface area (Å²) >= 11 is 0. The number of allylic oxidation sites excluding steroid dienone is 2. The number of rotatable bonds is 7. The fourth-order valence-corrected chi connectivity index (χ4v) is 5.69. The Morgan fingerprint density at radius 2 is 1.91 bits per heavy atom. The Morgan fingerprint density at radius 1 is 1.14 bits per heavy atom. The summed E-state index contributed by atoms with van der Waals surface area (Å²) in [6.45, 7) is 11.5. The van der Waals surface area contributed by atoms with Crippen LogP contribution in [0.1, 0.15) is 56.2 Å². The van der Waals surface area contributed by atoms with E-state index in [4.69, 9.17) is 0 Å². The van der Waals surface area contributed by atoms with Gasteiger partial charge in [0.25, 0.3) is 0 Å². The maximum atomic E-state index is 13.0. The Morgan fingerprint density at radius 3 is 2.63 bits per heavy atom. The van der Waals surface area contributed by atoms with Crippen molar-refractivity contribution >= 4 is 6.08 Å². The van der Waals surface area contributed by atoms with Gasteiger partial charge in [-0.3, -0.25) is 0 Å². The monoisotopic (exact) mass is 482 g/mol. The molecule has 1 saturated heterocycles. The van der Waals surface area contributed by atoms with Crippen LogP contribution in [0.2, 0.25) is 0 Å². The van der Waals surface area contributed by atoms with Crippen molar-refractivity contribution in [3.05, 3.63) is 89.6 Å². The van der Waals surface area contributed by atoms with Crippen LogP contribution >= 0.6 is 0 Å². The van der Waals surface area contributed by atoms with Gasteiger partial charge < -0.3 is 10.2 Å². The molecule has 2 aromatic carbocycles. The minimum atomic E-state index is -4.32. The zero-order chi connectivity index (χ0) is 25.1. The third-order valence-electron chi connectivity index (χ3n) is 8.06. The van der Waals surface area contributed by atoms with Gasteiger partial charge in [0, 0.05) is 30.2 Å². The number of halogens is 3. The summed E-state index contributed by atoms with van der Waals surface area (Å²) in [4.78, 5) is 2.66. The highest BCUT2D eigenvalue weighted by molar-refractivity contribution is 5.49. The van der Waals surface area contributed by atoms with Crippen molar-refractivity contribution < 1.29 is 13.2 Å². The molecule has 1 saturated carbocycles. The first kappa shape index (κ1) is 25.6. The van der Waals surface area contributed by atoms with Gasteiger partial charge in [-0.2, -0.15) is 13.2 Å². The number of hydrogen-bond acceptors (Lipinski definition) is 2. The molecule has 2 aromatic rings. The Hall–Kier alpha value is -2.53. The highest BCUT2D eigenvalue weighted by Gasteiger charge is 2.41. The van der Waals surface area contributed by atoms with Crippen molar-refractivity contribution in [1.29, 1.82) is 0 Å². The minimum Gasteiger partial charge on any atom is -0.384 e. The molecule has 2 fully saturated rings. The van der Waals surface area contributed by atoms with E-state index >= 15 is 0 Å². The number of likely N-dealkylation sites (tertiary alicyclic amines) is 1. The second-order valence-electron chi connectivity index (χ2n) is 10.7. The van der Waals surface area contributed by atoms with Crippen LogP contribution in [0.4, 0.5) is 13.2 Å². The van der Waals surface area contributed by atoms with Crippen molar-refractivity contribution in [2.24, 2.45) is 17.3 Å². The summed E-state index contributed by atoms with van der Waals surface area (Å²) in [6, 6.07) is 16.5. The lowest BCUT2D eigenvalue weighted by Crippen LogP contribution is -2.44. The van der Waals surface area contributed by atoms with Gasteiger partial charge in [-0.1, -0.05) is 75.0 Å². The number of alkyl halides is 3. The Bertz CT molecular complexity index is 1030. The van der Waals surface area contributed by atoms with E-state index in [1.807, 2.05) is 6.07 Å². The van der Waals surface area contributed by atoms with Crippen molar-refractivity contribution in [2.75, 3.05) is 13.1 Å². The van der Waals surface area contributed by atoms with E-state index in [2.05, 4.69) is 67.1 Å². The van der Waals surface area contributed by atoms with Gasteiger partial charge >= 0.3 is 6.18 Å². The molecule has 1 N–H and O–H groups in total. The van der Waals surface area contributed by atoms with Gasteiger partial charge in [0.05, 0.1) is 5.56 Å². The van der Waals surface area contributed by atoms with Crippen molar-refractivity contribution in [2.45, 2.75) is 58.3 Å². The van der Waals surface area contributed by atoms with Crippen LogP contribution in [0.3, 0.4) is 0 Å². The lowest BCUT2D eigenvalue weighted by molar-refractivity contribution is -0.137. The van der Waals surface area contributed by atoms with E-state index in [0.717, 1.165) is 44.1 Å². The zero-order valence-corrected chi connectivity index (χ0v) is 20.8. The third-order valence-corrected chi connectivity index (χ3v) is 8.06. The van der Waals surface area contributed by atoms with Crippen LogP contribution < -0.4 is 5.32 Å². The van der Waals surface area contributed by atoms with Gasteiger partial charge in [0.2, 0.25) is 0 Å². The SMILES string of the molecule is C=C(NCc1cccc(C(F)(F)F)c1)C1(C)CCC(N2CC[C@@H](/C=C\c3ccccc3)C(C)C2)C1. The van der Waals surface area contributed by atoms with E-state index in [1.165, 1.54) is 24.1 Å². The average Bonchev–Trinajstić information content (AvgIpc) is 3.25. The lowest BCUT2D eigenvalue weighted by Gasteiger charge is -2.40. The number of hydrogen-bond donors (Lipinski definition) is 1. The third kappa shape index (κ3) is 6.38. The molecule has 0 amide bonds. The second kappa shape index (κ2) is 10.6. The van der Waals surface area contributed by atoms with Crippen molar-refractivity contribution in [3.63, 3.8) is 0 Å². The Balaban J connectivity index is 1.29. The standard InChI is InChI=1S/C30H37F3N2/c1-22-21-35(17-15-26(22)13-12-24-8-5-4-6-9-24)28-14-16-29(3,19-28)23(2)34-20-25-10-7-11-27(18-25)30(31,32)33/h4-13,18,22,26,28,34H,2,14-17,19-21H2,1,3H3/b13-12-/t22?,26-,28?,29?/m1/s1. The Labute approximate surface area is 207 Å². The van der Waals surface area contributed by atoms with E-state index in [1.54, 1.807) is 6.07 Å². The maximum absolute atomic E-state index is 13.0. The molecule has 188 valence electrons. The first-order valence-electron chi connectivity index (χ1n) is 12.7. The van der Waals surface area contributed by atoms with Gasteiger partial charge in [-0.15, -0.1) is 0 Å². The molecule has 0 aromatic heterocycles. The first-order chi connectivity index (χ1) is 16.6. The predicted octanol–water partition coefficient (Wildman–Crippen LogP) is 7.54. The molecule has 3 unspecified atom stereocenters. The smallest absolute Gasteiger partial charge is 0.384 e. The van der Waals surface area contributed by atoms with Gasteiger partial charge in [-0.25, -0.2) is 0 Å². The van der Waals surface area contributed by atoms with Gasteiger partial charge in [-0.05, 0) is 67.3 Å². The Kier molecular flexibility index (Phi) is 7.75. The molecule has 4 atom stereocenters. The van der Waals surface area contributed by atoms with E-state index in [9.17, 15) is 13.2 Å². The van der Waals surface area contributed by atoms with Crippen LogP contribution in [-0.2, 0) is 12.7 Å². The van der Waals surface area contributed by atoms with Crippen LogP contribution in [-0.4, -0.2) is 24.0 Å². The summed E-state index contributed by atoms with van der Waals surface area (Å²) < 4.78 is 39.1. The topological polar surface area (TPSA) is 15.3 Å². The average molecular weight is 483 g/mol. The van der Waals surface area contributed by atoms with E-state index < -0.39 is 11.7 Å². The first-order valence-corrected chi connectivity index (χ1v) is 12.7. The molecule has 0 spiro atoms. The second-order valence-corrected chi connectivity index (χ2v) is 10.7. The highest BCUT2D eigenvalue weighted by atomic mass is 19.4. The molecule has 0 radical (unpaired) electrons. The van der Waals surface area contributed by atoms with Crippen LogP contribution in [0.15, 0.2) is 72.9 Å². The maximum Gasteiger partial charge on any atom is 0.416 e. The van der Waals surface area contributed by atoms with Crippen LogP contribution in [0.5, 0.6) is 0 Å². The van der Waals surface area contributed by atoms with E-state index in [-0.39, 0.29) is 5.41 Å². The number of piperidine rings is 1. The fraction of sp³-hybridized carbons (Fsp3) is 0.467. The molecule has 2 nitrogen and oxygen atoms in total. The summed E-state index contributed by atoms with van der Waals surface area (Å²) in [5.74, 6) is 1.21. The molecule has 1 heterocycles. The molecule has 4 rings (SSSR count). The summed E-state index contributed by atoms with van der Waals surface area (Å²) in [7, 11) is 0.